The number of hydrogen-bond acceptors (Lipinski definition) is 6. The van der Waals surface area contributed by atoms with Gasteiger partial charge in [-0.05, 0) is 18.2 Å². The third-order valence-electron chi connectivity index (χ3n) is 4.30. The van der Waals surface area contributed by atoms with Crippen molar-refractivity contribution >= 4 is 39.9 Å². The van der Waals surface area contributed by atoms with E-state index in [1.165, 1.54) is 11.3 Å². The molecule has 0 unspecified atom stereocenters. The number of carbonyl (C=O) groups excluding carboxylic acids is 2. The molecule has 1 saturated heterocycles. The number of thiazole rings is 1. The highest BCUT2D eigenvalue weighted by Gasteiger charge is 2.24. The van der Waals surface area contributed by atoms with Crippen molar-refractivity contribution in [1.82, 2.24) is 14.8 Å². The normalized spacial score (nSPS) is 15.0. The van der Waals surface area contributed by atoms with Crippen LogP contribution in [0.1, 0.15) is 20.8 Å². The first-order chi connectivity index (χ1) is 13.1. The third-order valence-corrected chi connectivity index (χ3v) is 5.29. The van der Waals surface area contributed by atoms with Crippen LogP contribution in [-0.2, 0) is 4.74 Å². The lowest BCUT2D eigenvalue weighted by atomic mass is 10.2. The van der Waals surface area contributed by atoms with Crippen molar-refractivity contribution in [3.05, 3.63) is 45.9 Å². The number of rotatable bonds is 6. The van der Waals surface area contributed by atoms with E-state index in [0.29, 0.717) is 41.1 Å². The van der Waals surface area contributed by atoms with Gasteiger partial charge in [-0.2, -0.15) is 0 Å². The summed E-state index contributed by atoms with van der Waals surface area (Å²) in [6, 6.07) is 6.66. The zero-order valence-corrected chi connectivity index (χ0v) is 16.6. The van der Waals surface area contributed by atoms with Crippen LogP contribution in [0.5, 0.6) is 0 Å². The maximum Gasteiger partial charge on any atom is 0.273 e. The first kappa shape index (κ1) is 19.8. The number of anilines is 1. The number of methoxy groups -OCH3 is 1. The van der Waals surface area contributed by atoms with Gasteiger partial charge in [-0.15, -0.1) is 11.3 Å². The highest BCUT2D eigenvalue weighted by molar-refractivity contribution is 7.14. The van der Waals surface area contributed by atoms with Gasteiger partial charge in [0.1, 0.15) is 5.69 Å². The van der Waals surface area contributed by atoms with E-state index in [-0.39, 0.29) is 11.8 Å². The fourth-order valence-electron chi connectivity index (χ4n) is 2.79. The van der Waals surface area contributed by atoms with E-state index < -0.39 is 0 Å². The molecule has 1 aromatic heterocycles. The minimum atomic E-state index is -0.308. The van der Waals surface area contributed by atoms with E-state index in [0.717, 1.165) is 19.6 Å². The molecule has 1 fully saturated rings. The molecule has 0 saturated carbocycles. The van der Waals surface area contributed by atoms with Crippen LogP contribution in [0.4, 0.5) is 5.13 Å². The number of ether oxygens (including phenoxy) is 1. The van der Waals surface area contributed by atoms with Crippen molar-refractivity contribution < 1.29 is 14.3 Å². The van der Waals surface area contributed by atoms with Gasteiger partial charge < -0.3 is 9.64 Å². The molecule has 7 nitrogen and oxygen atoms in total. The quantitative estimate of drug-likeness (QED) is 0.794. The summed E-state index contributed by atoms with van der Waals surface area (Å²) in [6.07, 6.45) is 0. The average Bonchev–Trinajstić information content (AvgIpc) is 3.14. The van der Waals surface area contributed by atoms with Crippen LogP contribution >= 0.6 is 22.9 Å². The van der Waals surface area contributed by atoms with Crippen molar-refractivity contribution in [3.63, 3.8) is 0 Å². The smallest absolute Gasteiger partial charge is 0.273 e. The molecule has 3 rings (SSSR count). The second kappa shape index (κ2) is 9.27. The molecule has 2 amide bonds. The Morgan fingerprint density at radius 1 is 1.30 bits per heavy atom. The number of halogens is 1. The molecule has 0 radical (unpaired) electrons. The predicted octanol–water partition coefficient (Wildman–Crippen LogP) is 2.45. The minimum Gasteiger partial charge on any atom is -0.383 e. The molecule has 0 aliphatic carbocycles. The topological polar surface area (TPSA) is 74.8 Å². The number of carbonyl (C=O) groups is 2. The van der Waals surface area contributed by atoms with Crippen LogP contribution in [0.25, 0.3) is 0 Å². The number of aromatic nitrogens is 1. The van der Waals surface area contributed by atoms with Crippen LogP contribution in [0.15, 0.2) is 29.6 Å². The lowest BCUT2D eigenvalue weighted by molar-refractivity contribution is 0.0589. The first-order valence-corrected chi connectivity index (χ1v) is 9.85. The summed E-state index contributed by atoms with van der Waals surface area (Å²) in [5.41, 5.74) is 0.796. The summed E-state index contributed by atoms with van der Waals surface area (Å²) in [5, 5.41) is 5.26. The molecule has 144 valence electrons. The van der Waals surface area contributed by atoms with Gasteiger partial charge in [-0.3, -0.25) is 19.8 Å². The maximum atomic E-state index is 12.6. The highest BCUT2D eigenvalue weighted by atomic mass is 35.5. The highest BCUT2D eigenvalue weighted by Crippen LogP contribution is 2.19. The summed E-state index contributed by atoms with van der Waals surface area (Å²) in [4.78, 5) is 33.2. The Morgan fingerprint density at radius 2 is 2.07 bits per heavy atom. The van der Waals surface area contributed by atoms with E-state index >= 15 is 0 Å². The molecule has 0 bridgehead atoms. The molecule has 27 heavy (non-hydrogen) atoms. The third kappa shape index (κ3) is 5.26. The number of piperazine rings is 1. The van der Waals surface area contributed by atoms with E-state index in [2.05, 4.69) is 15.2 Å². The van der Waals surface area contributed by atoms with Crippen molar-refractivity contribution in [2.45, 2.75) is 0 Å². The number of nitrogens with zero attached hydrogens (tertiary/aromatic N) is 3. The number of amides is 2. The van der Waals surface area contributed by atoms with Gasteiger partial charge in [0.2, 0.25) is 0 Å². The molecular formula is C18H21ClN4O3S. The largest absolute Gasteiger partial charge is 0.383 e. The second-order valence-corrected chi connectivity index (χ2v) is 7.42. The van der Waals surface area contributed by atoms with Gasteiger partial charge >= 0.3 is 0 Å². The minimum absolute atomic E-state index is 0.110. The molecule has 1 aliphatic rings. The number of nitrogens with one attached hydrogen (secondary N) is 1. The lowest BCUT2D eigenvalue weighted by Gasteiger charge is -2.34. The zero-order chi connectivity index (χ0) is 19.2. The molecule has 1 N–H and O–H groups in total. The van der Waals surface area contributed by atoms with Gasteiger partial charge in [-0.25, -0.2) is 4.98 Å². The van der Waals surface area contributed by atoms with Crippen molar-refractivity contribution in [3.8, 4) is 0 Å². The average molecular weight is 409 g/mol. The summed E-state index contributed by atoms with van der Waals surface area (Å²) >= 11 is 7.14. The summed E-state index contributed by atoms with van der Waals surface area (Å²) in [6.45, 7) is 4.51. The zero-order valence-electron chi connectivity index (χ0n) is 15.0. The molecule has 0 atom stereocenters. The van der Waals surface area contributed by atoms with Gasteiger partial charge in [0.05, 0.1) is 6.61 Å². The van der Waals surface area contributed by atoms with Crippen LogP contribution in [0.3, 0.4) is 0 Å². The molecule has 9 heteroatoms. The van der Waals surface area contributed by atoms with Crippen molar-refractivity contribution in [2.24, 2.45) is 0 Å². The van der Waals surface area contributed by atoms with Crippen LogP contribution < -0.4 is 5.32 Å². The maximum absolute atomic E-state index is 12.6. The van der Waals surface area contributed by atoms with E-state index in [1.54, 1.807) is 41.7 Å². The number of hydrogen-bond donors (Lipinski definition) is 1. The Kier molecular flexibility index (Phi) is 6.78. The summed E-state index contributed by atoms with van der Waals surface area (Å²) in [5.74, 6) is -0.418. The van der Waals surface area contributed by atoms with E-state index in [9.17, 15) is 9.59 Å². The van der Waals surface area contributed by atoms with Crippen LogP contribution in [0.2, 0.25) is 5.02 Å². The Morgan fingerprint density at radius 3 is 2.78 bits per heavy atom. The van der Waals surface area contributed by atoms with Gasteiger partial charge in [-0.1, -0.05) is 17.7 Å². The SMILES string of the molecule is COCCN1CCN(C(=O)c2csc(NC(=O)c3cccc(Cl)c3)n2)CC1. The predicted molar refractivity (Wildman–Crippen MR) is 106 cm³/mol. The lowest BCUT2D eigenvalue weighted by Crippen LogP contribution is -2.49. The molecule has 2 heterocycles. The molecule has 1 aliphatic heterocycles. The van der Waals surface area contributed by atoms with Crippen molar-refractivity contribution in [1.29, 1.82) is 0 Å². The fraction of sp³-hybridized carbons (Fsp3) is 0.389. The standard InChI is InChI=1S/C18H21ClN4O3S/c1-26-10-9-22-5-7-23(8-6-22)17(25)15-12-27-18(20-15)21-16(24)13-3-2-4-14(19)11-13/h2-4,11-12H,5-10H2,1H3,(H,20,21,24). The Labute approximate surface area is 166 Å². The fourth-order valence-corrected chi connectivity index (χ4v) is 3.66. The van der Waals surface area contributed by atoms with Crippen molar-refractivity contribution in [2.75, 3.05) is 51.8 Å². The van der Waals surface area contributed by atoms with Gasteiger partial charge in [0.15, 0.2) is 5.13 Å². The second-order valence-electron chi connectivity index (χ2n) is 6.13. The van der Waals surface area contributed by atoms with E-state index in [1.807, 2.05) is 0 Å². The van der Waals surface area contributed by atoms with Gasteiger partial charge in [0.25, 0.3) is 11.8 Å². The summed E-state index contributed by atoms with van der Waals surface area (Å²) in [7, 11) is 1.69. The Bertz CT molecular complexity index is 805. The molecule has 1 aromatic carbocycles. The Balaban J connectivity index is 1.56. The molecule has 2 aromatic rings. The summed E-state index contributed by atoms with van der Waals surface area (Å²) < 4.78 is 5.09. The molecule has 0 spiro atoms. The van der Waals surface area contributed by atoms with Crippen LogP contribution in [0, 0.1) is 0 Å². The molecular weight excluding hydrogens is 388 g/mol. The number of benzene rings is 1. The van der Waals surface area contributed by atoms with Gasteiger partial charge in [0, 0.05) is 55.8 Å². The van der Waals surface area contributed by atoms with E-state index in [4.69, 9.17) is 16.3 Å². The first-order valence-electron chi connectivity index (χ1n) is 8.60. The van der Waals surface area contributed by atoms with Crippen LogP contribution in [-0.4, -0.2) is 73.0 Å². The monoisotopic (exact) mass is 408 g/mol. The Hall–Kier alpha value is -2.00.